The van der Waals surface area contributed by atoms with Crippen LogP contribution in [0.1, 0.15) is 36.8 Å². The molecule has 5 nitrogen and oxygen atoms in total. The van der Waals surface area contributed by atoms with E-state index in [9.17, 15) is 17.6 Å². The van der Waals surface area contributed by atoms with Gasteiger partial charge in [0.15, 0.2) is 0 Å². The van der Waals surface area contributed by atoms with E-state index in [-0.39, 0.29) is 28.6 Å². The molecule has 29 heavy (non-hydrogen) atoms. The summed E-state index contributed by atoms with van der Waals surface area (Å²) >= 11 is 0. The lowest BCUT2D eigenvalue weighted by atomic mass is 9.86. The summed E-state index contributed by atoms with van der Waals surface area (Å²) in [4.78, 5) is 4.84. The SMILES string of the molecule is CCN1CCC[C@H](c2c(N)nnc(-c3ccc4c(F)c[nH]c4c3)c2C(F)(F)F)C1. The largest absolute Gasteiger partial charge is 0.418 e. The molecule has 0 bridgehead atoms. The van der Waals surface area contributed by atoms with Crippen molar-refractivity contribution in [3.8, 4) is 11.3 Å². The van der Waals surface area contributed by atoms with Gasteiger partial charge in [0, 0.05) is 40.7 Å². The number of hydrogen-bond acceptors (Lipinski definition) is 4. The molecular formula is C20H21F4N5. The van der Waals surface area contributed by atoms with Gasteiger partial charge < -0.3 is 15.6 Å². The van der Waals surface area contributed by atoms with Crippen LogP contribution in [0.5, 0.6) is 0 Å². The van der Waals surface area contributed by atoms with Crippen molar-refractivity contribution < 1.29 is 17.6 Å². The van der Waals surface area contributed by atoms with Gasteiger partial charge in [0.05, 0.1) is 5.56 Å². The van der Waals surface area contributed by atoms with Crippen LogP contribution in [-0.2, 0) is 6.18 Å². The Hall–Kier alpha value is -2.68. The highest BCUT2D eigenvalue weighted by atomic mass is 19.4. The summed E-state index contributed by atoms with van der Waals surface area (Å²) < 4.78 is 56.4. The van der Waals surface area contributed by atoms with E-state index in [1.807, 2.05) is 6.92 Å². The van der Waals surface area contributed by atoms with Crippen LogP contribution in [-0.4, -0.2) is 39.7 Å². The zero-order valence-electron chi connectivity index (χ0n) is 15.9. The number of alkyl halides is 3. The van der Waals surface area contributed by atoms with E-state index >= 15 is 0 Å². The summed E-state index contributed by atoms with van der Waals surface area (Å²) in [6.45, 7) is 4.10. The Morgan fingerprint density at radius 2 is 2.07 bits per heavy atom. The lowest BCUT2D eigenvalue weighted by molar-refractivity contribution is -0.138. The fraction of sp³-hybridized carbons (Fsp3) is 0.400. The second-order valence-electron chi connectivity index (χ2n) is 7.35. The summed E-state index contributed by atoms with van der Waals surface area (Å²) in [6.07, 6.45) is -2.09. The van der Waals surface area contributed by atoms with Gasteiger partial charge in [0.25, 0.3) is 0 Å². The van der Waals surface area contributed by atoms with E-state index in [0.29, 0.717) is 23.9 Å². The van der Waals surface area contributed by atoms with Crippen LogP contribution in [0, 0.1) is 5.82 Å². The third-order valence-corrected chi connectivity index (χ3v) is 5.59. The van der Waals surface area contributed by atoms with Crippen molar-refractivity contribution in [1.82, 2.24) is 20.1 Å². The average Bonchev–Trinajstić information content (AvgIpc) is 3.07. The molecule has 9 heteroatoms. The lowest BCUT2D eigenvalue weighted by Crippen LogP contribution is -2.35. The standard InChI is InChI=1S/C20H21F4N5/c1-2-29-7-3-4-12(10-29)16-17(20(22,23)24)18(27-28-19(16)25)11-5-6-13-14(21)9-26-15(13)8-11/h5-6,8-9,12,26H,2-4,7,10H2,1H3,(H2,25,28)/t12-/m0/s1. The monoisotopic (exact) mass is 407 g/mol. The molecule has 0 amide bonds. The van der Waals surface area contributed by atoms with Crippen LogP contribution in [0.15, 0.2) is 24.4 Å². The Morgan fingerprint density at radius 3 is 2.79 bits per heavy atom. The number of halogens is 4. The normalized spacial score (nSPS) is 18.4. The predicted octanol–water partition coefficient (Wildman–Crippen LogP) is 4.56. The van der Waals surface area contributed by atoms with Gasteiger partial charge in [-0.15, -0.1) is 10.2 Å². The van der Waals surface area contributed by atoms with Gasteiger partial charge in [0.2, 0.25) is 0 Å². The number of nitrogen functional groups attached to an aromatic ring is 1. The zero-order valence-corrected chi connectivity index (χ0v) is 15.9. The molecule has 0 radical (unpaired) electrons. The second kappa shape index (κ2) is 7.29. The number of aromatic amines is 1. The highest BCUT2D eigenvalue weighted by Crippen LogP contribution is 2.44. The number of fused-ring (bicyclic) bond motifs is 1. The Labute approximate surface area is 164 Å². The smallest absolute Gasteiger partial charge is 0.382 e. The van der Waals surface area contributed by atoms with Crippen LogP contribution >= 0.6 is 0 Å². The molecule has 0 unspecified atom stereocenters. The third-order valence-electron chi connectivity index (χ3n) is 5.59. The van der Waals surface area contributed by atoms with Gasteiger partial charge in [-0.3, -0.25) is 0 Å². The minimum Gasteiger partial charge on any atom is -0.382 e. The number of nitrogens with one attached hydrogen (secondary N) is 1. The van der Waals surface area contributed by atoms with Gasteiger partial charge in [-0.25, -0.2) is 4.39 Å². The Kier molecular flexibility index (Phi) is 4.94. The molecule has 1 atom stereocenters. The number of nitrogens with two attached hydrogens (primary N) is 1. The maximum Gasteiger partial charge on any atom is 0.418 e. The molecule has 1 aliphatic rings. The first kappa shape index (κ1) is 19.6. The highest BCUT2D eigenvalue weighted by molar-refractivity contribution is 5.85. The van der Waals surface area contributed by atoms with Crippen molar-refractivity contribution in [2.24, 2.45) is 0 Å². The first-order valence-electron chi connectivity index (χ1n) is 9.52. The lowest BCUT2D eigenvalue weighted by Gasteiger charge is -2.33. The Balaban J connectivity index is 1.90. The topological polar surface area (TPSA) is 70.8 Å². The third kappa shape index (κ3) is 3.55. The van der Waals surface area contributed by atoms with Crippen molar-refractivity contribution in [3.05, 3.63) is 41.3 Å². The van der Waals surface area contributed by atoms with Crippen molar-refractivity contribution >= 4 is 16.7 Å². The van der Waals surface area contributed by atoms with E-state index in [1.54, 1.807) is 0 Å². The molecule has 0 spiro atoms. The zero-order chi connectivity index (χ0) is 20.8. The average molecular weight is 407 g/mol. The number of nitrogens with zero attached hydrogens (tertiary/aromatic N) is 3. The maximum atomic E-state index is 14.2. The molecule has 3 aromatic rings. The fourth-order valence-corrected chi connectivity index (χ4v) is 4.18. The Morgan fingerprint density at radius 1 is 1.28 bits per heavy atom. The second-order valence-corrected chi connectivity index (χ2v) is 7.35. The van der Waals surface area contributed by atoms with Crippen molar-refractivity contribution in [2.75, 3.05) is 25.4 Å². The summed E-state index contributed by atoms with van der Waals surface area (Å²) in [5.74, 6) is -1.02. The number of H-pyrrole nitrogens is 1. The van der Waals surface area contributed by atoms with E-state index in [0.717, 1.165) is 19.5 Å². The van der Waals surface area contributed by atoms with Gasteiger partial charge in [-0.05, 0) is 38.1 Å². The molecule has 3 N–H and O–H groups in total. The highest BCUT2D eigenvalue weighted by Gasteiger charge is 2.41. The number of anilines is 1. The van der Waals surface area contributed by atoms with Gasteiger partial charge in [-0.2, -0.15) is 13.2 Å². The minimum atomic E-state index is -4.65. The number of benzene rings is 1. The minimum absolute atomic E-state index is 0.0124. The van der Waals surface area contributed by atoms with E-state index < -0.39 is 17.6 Å². The quantitative estimate of drug-likeness (QED) is 0.625. The fourth-order valence-electron chi connectivity index (χ4n) is 4.18. The molecule has 1 fully saturated rings. The number of piperidine rings is 1. The molecule has 1 aromatic carbocycles. The van der Waals surface area contributed by atoms with Crippen molar-refractivity contribution in [1.29, 1.82) is 0 Å². The molecule has 1 saturated heterocycles. The van der Waals surface area contributed by atoms with E-state index in [2.05, 4.69) is 20.1 Å². The molecular weight excluding hydrogens is 386 g/mol. The number of likely N-dealkylation sites (N-methyl/N-ethyl adjacent to an activating group) is 1. The first-order valence-corrected chi connectivity index (χ1v) is 9.52. The molecule has 154 valence electrons. The molecule has 1 aliphatic heterocycles. The molecule has 2 aromatic heterocycles. The van der Waals surface area contributed by atoms with Gasteiger partial charge in [-0.1, -0.05) is 13.0 Å². The maximum absolute atomic E-state index is 14.2. The van der Waals surface area contributed by atoms with Crippen LogP contribution in [0.3, 0.4) is 0 Å². The Bertz CT molecular complexity index is 1040. The van der Waals surface area contributed by atoms with Gasteiger partial charge in [0.1, 0.15) is 17.3 Å². The molecule has 0 saturated carbocycles. The van der Waals surface area contributed by atoms with Crippen LogP contribution in [0.2, 0.25) is 0 Å². The molecule has 0 aliphatic carbocycles. The summed E-state index contributed by atoms with van der Waals surface area (Å²) in [5.41, 5.74) is 5.41. The predicted molar refractivity (Wildman–Crippen MR) is 103 cm³/mol. The number of rotatable bonds is 3. The summed E-state index contributed by atoms with van der Waals surface area (Å²) in [5, 5.41) is 7.98. The number of likely N-dealkylation sites (tertiary alicyclic amines) is 1. The van der Waals surface area contributed by atoms with Gasteiger partial charge >= 0.3 is 6.18 Å². The number of aromatic nitrogens is 3. The van der Waals surface area contributed by atoms with Crippen molar-refractivity contribution in [3.63, 3.8) is 0 Å². The number of hydrogen-bond donors (Lipinski definition) is 2. The van der Waals surface area contributed by atoms with Crippen LogP contribution < -0.4 is 5.73 Å². The van der Waals surface area contributed by atoms with Crippen molar-refractivity contribution in [2.45, 2.75) is 31.9 Å². The molecule has 4 rings (SSSR count). The van der Waals surface area contributed by atoms with Crippen LogP contribution in [0.4, 0.5) is 23.4 Å². The summed E-state index contributed by atoms with van der Waals surface area (Å²) in [7, 11) is 0. The van der Waals surface area contributed by atoms with E-state index in [4.69, 9.17) is 5.73 Å². The first-order chi connectivity index (χ1) is 13.8. The van der Waals surface area contributed by atoms with E-state index in [1.165, 1.54) is 24.4 Å². The summed E-state index contributed by atoms with van der Waals surface area (Å²) in [6, 6.07) is 4.32. The van der Waals surface area contributed by atoms with Crippen LogP contribution in [0.25, 0.3) is 22.2 Å². The molecule has 3 heterocycles.